The van der Waals surface area contributed by atoms with Crippen LogP contribution < -0.4 is 5.32 Å². The molecule has 1 heterocycles. The summed E-state index contributed by atoms with van der Waals surface area (Å²) in [5.74, 6) is 0.260. The summed E-state index contributed by atoms with van der Waals surface area (Å²) in [7, 11) is 0. The molecule has 0 aliphatic carbocycles. The average molecular weight is 260 g/mol. The van der Waals surface area contributed by atoms with Crippen LogP contribution in [0.15, 0.2) is 36.5 Å². The fourth-order valence-electron chi connectivity index (χ4n) is 1.61. The third-order valence-corrected chi connectivity index (χ3v) is 2.60. The number of nitrogens with one attached hydrogen (secondary N) is 1. The molecule has 1 N–H and O–H groups in total. The van der Waals surface area contributed by atoms with E-state index in [1.54, 1.807) is 16.9 Å². The monoisotopic (exact) mass is 260 g/mol. The number of amides is 1. The zero-order valence-electron chi connectivity index (χ0n) is 10.2. The number of rotatable bonds is 4. The second-order valence-electron chi connectivity index (χ2n) is 3.79. The van der Waals surface area contributed by atoms with E-state index in [2.05, 4.69) is 10.4 Å². The molecule has 0 unspecified atom stereocenters. The summed E-state index contributed by atoms with van der Waals surface area (Å²) < 4.78 is 1.64. The Hall–Kier alpha value is -2.70. The Morgan fingerprint density at radius 1 is 1.37 bits per heavy atom. The highest BCUT2D eigenvalue weighted by atomic mass is 16.6. The van der Waals surface area contributed by atoms with E-state index in [4.69, 9.17) is 0 Å². The fourth-order valence-corrected chi connectivity index (χ4v) is 1.61. The van der Waals surface area contributed by atoms with Crippen molar-refractivity contribution in [2.75, 3.05) is 5.32 Å². The Morgan fingerprint density at radius 2 is 2.05 bits per heavy atom. The first-order chi connectivity index (χ1) is 9.11. The highest BCUT2D eigenvalue weighted by Crippen LogP contribution is 2.14. The first kappa shape index (κ1) is 12.7. The first-order valence-electron chi connectivity index (χ1n) is 5.69. The molecule has 1 aromatic carbocycles. The van der Waals surface area contributed by atoms with Crippen LogP contribution in [0.3, 0.4) is 0 Å². The van der Waals surface area contributed by atoms with Gasteiger partial charge in [0.1, 0.15) is 5.82 Å². The normalized spacial score (nSPS) is 10.2. The summed E-state index contributed by atoms with van der Waals surface area (Å²) in [6.45, 7) is 2.55. The number of hydrogen-bond acceptors (Lipinski definition) is 4. The van der Waals surface area contributed by atoms with E-state index in [9.17, 15) is 14.9 Å². The molecule has 7 heteroatoms. The van der Waals surface area contributed by atoms with Crippen LogP contribution in [0.5, 0.6) is 0 Å². The minimum Gasteiger partial charge on any atom is -0.307 e. The Bertz CT molecular complexity index is 604. The van der Waals surface area contributed by atoms with Crippen molar-refractivity contribution in [1.29, 1.82) is 0 Å². The van der Waals surface area contributed by atoms with Gasteiger partial charge in [0.25, 0.3) is 11.6 Å². The lowest BCUT2D eigenvalue weighted by Crippen LogP contribution is -2.15. The molecule has 1 aromatic heterocycles. The number of anilines is 1. The predicted molar refractivity (Wildman–Crippen MR) is 69.0 cm³/mol. The Labute approximate surface area is 109 Å². The number of aryl methyl sites for hydroxylation is 1. The van der Waals surface area contributed by atoms with Crippen LogP contribution in [-0.4, -0.2) is 20.6 Å². The van der Waals surface area contributed by atoms with Crippen molar-refractivity contribution in [3.8, 4) is 0 Å². The third kappa shape index (κ3) is 2.76. The molecule has 0 aliphatic heterocycles. The summed E-state index contributed by atoms with van der Waals surface area (Å²) in [6.07, 6.45) is 1.59. The van der Waals surface area contributed by atoms with Crippen LogP contribution in [0.1, 0.15) is 17.3 Å². The summed E-state index contributed by atoms with van der Waals surface area (Å²) in [5.41, 5.74) is 0.310. The Kier molecular flexibility index (Phi) is 3.56. The standard InChI is InChI=1S/C12H12N4O3/c1-2-15-11(7-8-13-15)14-12(17)9-3-5-10(6-4-9)16(18)19/h3-8H,2H2,1H3,(H,14,17). The maximum atomic E-state index is 11.9. The van der Waals surface area contributed by atoms with Crippen molar-refractivity contribution in [2.45, 2.75) is 13.5 Å². The number of nitro benzene ring substituents is 1. The number of nitro groups is 1. The van der Waals surface area contributed by atoms with Gasteiger partial charge in [-0.2, -0.15) is 5.10 Å². The molecule has 0 saturated heterocycles. The van der Waals surface area contributed by atoms with Gasteiger partial charge in [-0.3, -0.25) is 14.9 Å². The Morgan fingerprint density at radius 3 is 2.63 bits per heavy atom. The largest absolute Gasteiger partial charge is 0.307 e. The molecule has 2 aromatic rings. The zero-order valence-corrected chi connectivity index (χ0v) is 10.2. The van der Waals surface area contributed by atoms with Gasteiger partial charge in [-0.1, -0.05) is 0 Å². The molecule has 98 valence electrons. The van der Waals surface area contributed by atoms with Crippen LogP contribution >= 0.6 is 0 Å². The van der Waals surface area contributed by atoms with Gasteiger partial charge < -0.3 is 5.32 Å². The molecular formula is C12H12N4O3. The van der Waals surface area contributed by atoms with Gasteiger partial charge in [-0.25, -0.2) is 4.68 Å². The van der Waals surface area contributed by atoms with E-state index < -0.39 is 4.92 Å². The Balaban J connectivity index is 2.14. The predicted octanol–water partition coefficient (Wildman–Crippen LogP) is 2.06. The molecule has 0 bridgehead atoms. The van der Waals surface area contributed by atoms with E-state index in [1.165, 1.54) is 24.3 Å². The minimum atomic E-state index is -0.506. The average Bonchev–Trinajstić information content (AvgIpc) is 2.86. The summed E-state index contributed by atoms with van der Waals surface area (Å²) in [5, 5.41) is 17.2. The molecule has 2 rings (SSSR count). The van der Waals surface area contributed by atoms with Gasteiger partial charge >= 0.3 is 0 Å². The second kappa shape index (κ2) is 5.30. The zero-order chi connectivity index (χ0) is 13.8. The molecule has 0 spiro atoms. The van der Waals surface area contributed by atoms with Gasteiger partial charge in [0.15, 0.2) is 0 Å². The van der Waals surface area contributed by atoms with E-state index in [0.29, 0.717) is 17.9 Å². The lowest BCUT2D eigenvalue weighted by molar-refractivity contribution is -0.384. The van der Waals surface area contributed by atoms with Crippen molar-refractivity contribution in [1.82, 2.24) is 9.78 Å². The van der Waals surface area contributed by atoms with Crippen LogP contribution in [-0.2, 0) is 6.54 Å². The molecule has 0 saturated carbocycles. The van der Waals surface area contributed by atoms with Crippen LogP contribution in [0.2, 0.25) is 0 Å². The van der Waals surface area contributed by atoms with Crippen LogP contribution in [0.4, 0.5) is 11.5 Å². The maximum Gasteiger partial charge on any atom is 0.269 e. The number of aromatic nitrogens is 2. The number of hydrogen-bond donors (Lipinski definition) is 1. The van der Waals surface area contributed by atoms with Crippen molar-refractivity contribution in [2.24, 2.45) is 0 Å². The van der Waals surface area contributed by atoms with E-state index in [1.807, 2.05) is 6.92 Å². The van der Waals surface area contributed by atoms with Crippen molar-refractivity contribution in [3.63, 3.8) is 0 Å². The van der Waals surface area contributed by atoms with Gasteiger partial charge in [0, 0.05) is 30.3 Å². The number of benzene rings is 1. The second-order valence-corrected chi connectivity index (χ2v) is 3.79. The fraction of sp³-hybridized carbons (Fsp3) is 0.167. The molecule has 0 aliphatic rings. The molecule has 1 amide bonds. The van der Waals surface area contributed by atoms with Crippen molar-refractivity contribution >= 4 is 17.4 Å². The van der Waals surface area contributed by atoms with E-state index >= 15 is 0 Å². The summed E-state index contributed by atoms with van der Waals surface area (Å²) in [6, 6.07) is 7.12. The number of non-ortho nitro benzene ring substituents is 1. The third-order valence-electron chi connectivity index (χ3n) is 2.60. The van der Waals surface area contributed by atoms with Crippen molar-refractivity contribution < 1.29 is 9.72 Å². The van der Waals surface area contributed by atoms with Gasteiger partial charge in [-0.15, -0.1) is 0 Å². The molecule has 0 atom stereocenters. The van der Waals surface area contributed by atoms with Gasteiger partial charge in [0.2, 0.25) is 0 Å². The molecule has 7 nitrogen and oxygen atoms in total. The number of carbonyl (C=O) groups is 1. The van der Waals surface area contributed by atoms with Gasteiger partial charge in [-0.05, 0) is 19.1 Å². The minimum absolute atomic E-state index is 0.0462. The highest BCUT2D eigenvalue weighted by molar-refractivity contribution is 6.03. The lowest BCUT2D eigenvalue weighted by atomic mass is 10.2. The lowest BCUT2D eigenvalue weighted by Gasteiger charge is -2.06. The maximum absolute atomic E-state index is 11.9. The topological polar surface area (TPSA) is 90.1 Å². The van der Waals surface area contributed by atoms with Crippen LogP contribution in [0.25, 0.3) is 0 Å². The molecule has 0 radical (unpaired) electrons. The first-order valence-corrected chi connectivity index (χ1v) is 5.69. The molecule has 19 heavy (non-hydrogen) atoms. The summed E-state index contributed by atoms with van der Waals surface area (Å²) in [4.78, 5) is 21.9. The quantitative estimate of drug-likeness (QED) is 0.673. The van der Waals surface area contributed by atoms with Gasteiger partial charge in [0.05, 0.1) is 11.1 Å². The number of carbonyl (C=O) groups excluding carboxylic acids is 1. The summed E-state index contributed by atoms with van der Waals surface area (Å²) >= 11 is 0. The van der Waals surface area contributed by atoms with E-state index in [-0.39, 0.29) is 11.6 Å². The van der Waals surface area contributed by atoms with Crippen LogP contribution in [0, 0.1) is 10.1 Å². The van der Waals surface area contributed by atoms with E-state index in [0.717, 1.165) is 0 Å². The van der Waals surface area contributed by atoms with Crippen molar-refractivity contribution in [3.05, 3.63) is 52.2 Å². The smallest absolute Gasteiger partial charge is 0.269 e. The SMILES string of the molecule is CCn1nccc1NC(=O)c1ccc([N+](=O)[O-])cc1. The molecule has 0 fully saturated rings. The number of nitrogens with zero attached hydrogens (tertiary/aromatic N) is 3. The molecular weight excluding hydrogens is 248 g/mol. The highest BCUT2D eigenvalue weighted by Gasteiger charge is 2.11.